The fourth-order valence-electron chi connectivity index (χ4n) is 4.72. The molecule has 1 unspecified atom stereocenters. The maximum Gasteiger partial charge on any atom is 0.122 e. The van der Waals surface area contributed by atoms with Gasteiger partial charge in [-0.25, -0.2) is 4.98 Å². The van der Waals surface area contributed by atoms with Gasteiger partial charge < -0.3 is 14.0 Å². The van der Waals surface area contributed by atoms with Gasteiger partial charge in [0.05, 0.1) is 24.8 Å². The first kappa shape index (κ1) is 23.0. The van der Waals surface area contributed by atoms with E-state index in [0.717, 1.165) is 48.8 Å². The van der Waals surface area contributed by atoms with Crippen LogP contribution in [0.3, 0.4) is 0 Å². The maximum atomic E-state index is 6.01. The molecule has 1 atom stereocenters. The number of aryl methyl sites for hydroxylation is 2. The molecule has 35 heavy (non-hydrogen) atoms. The van der Waals surface area contributed by atoms with E-state index in [1.807, 2.05) is 24.3 Å². The van der Waals surface area contributed by atoms with Crippen molar-refractivity contribution in [1.82, 2.24) is 9.55 Å². The number of hydrogen-bond acceptors (Lipinski definition) is 3. The summed E-state index contributed by atoms with van der Waals surface area (Å²) < 4.78 is 13.8. The number of hydrogen-bond donors (Lipinski definition) is 0. The highest BCUT2D eigenvalue weighted by Gasteiger charge is 2.18. The van der Waals surface area contributed by atoms with Crippen LogP contribution in [0, 0.1) is 6.92 Å². The van der Waals surface area contributed by atoms with E-state index in [-0.39, 0.29) is 5.92 Å². The lowest BCUT2D eigenvalue weighted by Crippen LogP contribution is -2.10. The van der Waals surface area contributed by atoms with Crippen LogP contribution >= 0.6 is 0 Å². The molecule has 5 aromatic rings. The van der Waals surface area contributed by atoms with Crippen LogP contribution in [0.4, 0.5) is 0 Å². The number of fused-ring (bicyclic) bond motifs is 2. The molecule has 1 heterocycles. The van der Waals surface area contributed by atoms with Gasteiger partial charge in [-0.15, -0.1) is 0 Å². The van der Waals surface area contributed by atoms with Gasteiger partial charge in [-0.1, -0.05) is 61.5 Å². The Morgan fingerprint density at radius 2 is 1.63 bits per heavy atom. The quantitative estimate of drug-likeness (QED) is 0.212. The smallest absolute Gasteiger partial charge is 0.122 e. The molecule has 178 valence electrons. The van der Waals surface area contributed by atoms with Gasteiger partial charge in [0.25, 0.3) is 0 Å². The summed E-state index contributed by atoms with van der Waals surface area (Å²) in [4.78, 5) is 5.07. The second-order valence-electron chi connectivity index (χ2n) is 9.13. The second-order valence-corrected chi connectivity index (χ2v) is 9.13. The molecule has 0 amide bonds. The Kier molecular flexibility index (Phi) is 6.71. The minimum Gasteiger partial charge on any atom is -0.497 e. The van der Waals surface area contributed by atoms with Crippen molar-refractivity contribution in [3.8, 4) is 11.5 Å². The molecule has 5 rings (SSSR count). The molecular weight excluding hydrogens is 432 g/mol. The Morgan fingerprint density at radius 3 is 2.49 bits per heavy atom. The lowest BCUT2D eigenvalue weighted by Gasteiger charge is -2.16. The standard InChI is InChI=1S/C31H32N2O2/c1-22-10-4-7-13-30(22)35-19-9-8-18-33-29-12-6-5-11-28(29)32-31(33)23(2)24-14-15-26-21-27(34-3)17-16-25(26)20-24/h4-7,10-17,20-21,23H,8-9,18-19H2,1-3H3. The fraction of sp³-hybridized carbons (Fsp3) is 0.258. The van der Waals surface area contributed by atoms with Gasteiger partial charge in [0.15, 0.2) is 0 Å². The summed E-state index contributed by atoms with van der Waals surface area (Å²) in [6.45, 7) is 5.98. The number of aromatic nitrogens is 2. The van der Waals surface area contributed by atoms with E-state index in [1.165, 1.54) is 27.4 Å². The van der Waals surface area contributed by atoms with E-state index in [1.54, 1.807) is 7.11 Å². The maximum absolute atomic E-state index is 6.01. The molecule has 0 saturated heterocycles. The summed E-state index contributed by atoms with van der Waals surface area (Å²) in [5.41, 5.74) is 4.69. The van der Waals surface area contributed by atoms with Crippen molar-refractivity contribution in [3.63, 3.8) is 0 Å². The SMILES string of the molecule is COc1ccc2cc(C(C)c3nc4ccccc4n3CCCCOc3ccccc3C)ccc2c1. The lowest BCUT2D eigenvalue weighted by molar-refractivity contribution is 0.301. The Morgan fingerprint density at radius 1 is 0.857 bits per heavy atom. The first-order valence-electron chi connectivity index (χ1n) is 12.4. The van der Waals surface area contributed by atoms with Crippen molar-refractivity contribution in [2.45, 2.75) is 39.2 Å². The zero-order chi connectivity index (χ0) is 24.2. The Balaban J connectivity index is 1.35. The molecule has 0 bridgehead atoms. The zero-order valence-corrected chi connectivity index (χ0v) is 20.7. The number of para-hydroxylation sites is 3. The Bertz CT molecular complexity index is 1450. The number of nitrogens with zero attached hydrogens (tertiary/aromatic N) is 2. The molecule has 0 aliphatic rings. The van der Waals surface area contributed by atoms with Crippen LogP contribution in [0.25, 0.3) is 21.8 Å². The van der Waals surface area contributed by atoms with E-state index in [0.29, 0.717) is 0 Å². The third-order valence-corrected chi connectivity index (χ3v) is 6.77. The van der Waals surface area contributed by atoms with Gasteiger partial charge in [-0.05, 0) is 72.0 Å². The number of unbranched alkanes of at least 4 members (excludes halogenated alkanes) is 1. The molecule has 0 fully saturated rings. The van der Waals surface area contributed by atoms with Crippen LogP contribution in [-0.4, -0.2) is 23.3 Å². The van der Waals surface area contributed by atoms with Gasteiger partial charge in [-0.3, -0.25) is 0 Å². The zero-order valence-electron chi connectivity index (χ0n) is 20.7. The number of imidazole rings is 1. The molecule has 1 aromatic heterocycles. The number of rotatable bonds is 9. The third kappa shape index (κ3) is 4.88. The first-order valence-corrected chi connectivity index (χ1v) is 12.4. The average molecular weight is 465 g/mol. The average Bonchev–Trinajstić information content (AvgIpc) is 3.27. The first-order chi connectivity index (χ1) is 17.1. The highest BCUT2D eigenvalue weighted by molar-refractivity contribution is 5.85. The van der Waals surface area contributed by atoms with Crippen LogP contribution in [0.2, 0.25) is 0 Å². The van der Waals surface area contributed by atoms with Crippen molar-refractivity contribution in [3.05, 3.63) is 102 Å². The molecule has 0 aliphatic carbocycles. The van der Waals surface area contributed by atoms with E-state index in [2.05, 4.69) is 79.1 Å². The van der Waals surface area contributed by atoms with Crippen LogP contribution in [0.5, 0.6) is 11.5 Å². The monoisotopic (exact) mass is 464 g/mol. The molecule has 0 aliphatic heterocycles. The predicted molar refractivity (Wildman–Crippen MR) is 144 cm³/mol. The lowest BCUT2D eigenvalue weighted by atomic mass is 9.97. The molecule has 0 spiro atoms. The summed E-state index contributed by atoms with van der Waals surface area (Å²) in [6.07, 6.45) is 2.02. The van der Waals surface area contributed by atoms with Crippen molar-refractivity contribution in [2.75, 3.05) is 13.7 Å². The minimum atomic E-state index is 0.178. The molecular formula is C31H32N2O2. The number of methoxy groups -OCH3 is 1. The molecule has 0 saturated carbocycles. The van der Waals surface area contributed by atoms with E-state index < -0.39 is 0 Å². The Labute approximate surface area is 207 Å². The predicted octanol–water partition coefficient (Wildman–Crippen LogP) is 7.52. The summed E-state index contributed by atoms with van der Waals surface area (Å²) in [7, 11) is 1.71. The summed E-state index contributed by atoms with van der Waals surface area (Å²) in [5.74, 6) is 3.14. The van der Waals surface area contributed by atoms with Gasteiger partial charge in [0.2, 0.25) is 0 Å². The second kappa shape index (κ2) is 10.2. The fourth-order valence-corrected chi connectivity index (χ4v) is 4.72. The molecule has 0 N–H and O–H groups in total. The van der Waals surface area contributed by atoms with Crippen molar-refractivity contribution >= 4 is 21.8 Å². The highest BCUT2D eigenvalue weighted by atomic mass is 16.5. The van der Waals surface area contributed by atoms with Crippen LogP contribution < -0.4 is 9.47 Å². The summed E-state index contributed by atoms with van der Waals surface area (Å²) in [6, 6.07) is 29.5. The van der Waals surface area contributed by atoms with Crippen molar-refractivity contribution < 1.29 is 9.47 Å². The van der Waals surface area contributed by atoms with E-state index in [4.69, 9.17) is 14.5 Å². The highest BCUT2D eigenvalue weighted by Crippen LogP contribution is 2.31. The van der Waals surface area contributed by atoms with Gasteiger partial charge >= 0.3 is 0 Å². The number of benzene rings is 4. The molecule has 4 heteroatoms. The minimum absolute atomic E-state index is 0.178. The Hall–Kier alpha value is -3.79. The summed E-state index contributed by atoms with van der Waals surface area (Å²) in [5, 5.41) is 2.40. The largest absolute Gasteiger partial charge is 0.497 e. The van der Waals surface area contributed by atoms with E-state index in [9.17, 15) is 0 Å². The van der Waals surface area contributed by atoms with Crippen LogP contribution in [0.1, 0.15) is 42.6 Å². The normalized spacial score (nSPS) is 12.2. The van der Waals surface area contributed by atoms with Crippen molar-refractivity contribution in [2.24, 2.45) is 0 Å². The molecule has 4 aromatic carbocycles. The summed E-state index contributed by atoms with van der Waals surface area (Å²) >= 11 is 0. The molecule has 0 radical (unpaired) electrons. The number of ether oxygens (including phenoxy) is 2. The third-order valence-electron chi connectivity index (χ3n) is 6.77. The van der Waals surface area contributed by atoms with Gasteiger partial charge in [0.1, 0.15) is 17.3 Å². The topological polar surface area (TPSA) is 36.3 Å². The van der Waals surface area contributed by atoms with Crippen molar-refractivity contribution in [1.29, 1.82) is 0 Å². The van der Waals surface area contributed by atoms with Gasteiger partial charge in [0, 0.05) is 12.5 Å². The van der Waals surface area contributed by atoms with Crippen LogP contribution in [-0.2, 0) is 6.54 Å². The molecule has 4 nitrogen and oxygen atoms in total. The van der Waals surface area contributed by atoms with Gasteiger partial charge in [-0.2, -0.15) is 0 Å². The van der Waals surface area contributed by atoms with E-state index >= 15 is 0 Å². The van der Waals surface area contributed by atoms with Crippen LogP contribution in [0.15, 0.2) is 84.9 Å².